The Morgan fingerprint density at radius 2 is 1.04 bits per heavy atom. The van der Waals surface area contributed by atoms with Gasteiger partial charge in [-0.3, -0.25) is 4.79 Å². The summed E-state index contributed by atoms with van der Waals surface area (Å²) in [6.45, 7) is 8.79. The summed E-state index contributed by atoms with van der Waals surface area (Å²) in [4.78, 5) is 12.5. The van der Waals surface area contributed by atoms with E-state index in [0.29, 0.717) is 0 Å². The first-order valence-corrected chi connectivity index (χ1v) is 16.3. The van der Waals surface area contributed by atoms with Gasteiger partial charge in [-0.05, 0) is 41.5 Å². The van der Waals surface area contributed by atoms with Crippen LogP contribution < -0.4 is 5.32 Å². The zero-order valence-corrected chi connectivity index (χ0v) is 28.5. The van der Waals surface area contributed by atoms with Crippen LogP contribution >= 0.6 is 0 Å². The van der Waals surface area contributed by atoms with Crippen LogP contribution in [0.1, 0.15) is 48.0 Å². The molecule has 0 spiro atoms. The van der Waals surface area contributed by atoms with Gasteiger partial charge < -0.3 is 89.2 Å². The molecule has 4 saturated heterocycles. The van der Waals surface area contributed by atoms with Crippen LogP contribution in [-0.2, 0) is 42.7 Å². The van der Waals surface area contributed by atoms with Crippen molar-refractivity contribution in [3.8, 4) is 0 Å². The molecule has 0 aliphatic carbocycles. The third-order valence-electron chi connectivity index (χ3n) is 9.26. The highest BCUT2D eigenvalue weighted by Gasteiger charge is 2.54. The van der Waals surface area contributed by atoms with Crippen molar-refractivity contribution in [1.82, 2.24) is 5.32 Å². The molecular formula is C30H53NO18. The largest absolute Gasteiger partial charge is 0.390 e. The van der Waals surface area contributed by atoms with Crippen molar-refractivity contribution in [2.45, 2.75) is 176 Å². The van der Waals surface area contributed by atoms with Crippen molar-refractivity contribution < 1.29 is 88.6 Å². The number of methoxy groups -OCH3 is 1. The Bertz CT molecular complexity index is 1080. The van der Waals surface area contributed by atoms with E-state index in [1.54, 1.807) is 6.92 Å². The first kappa shape index (κ1) is 40.6. The first-order chi connectivity index (χ1) is 22.7. The van der Waals surface area contributed by atoms with E-state index in [9.17, 15) is 50.8 Å². The number of amides is 1. The van der Waals surface area contributed by atoms with Gasteiger partial charge in [0.2, 0.25) is 5.91 Å². The van der Waals surface area contributed by atoms with Crippen molar-refractivity contribution in [3.05, 3.63) is 0 Å². The Morgan fingerprint density at radius 3 is 1.53 bits per heavy atom. The predicted octanol–water partition coefficient (Wildman–Crippen LogP) is -4.70. The van der Waals surface area contributed by atoms with E-state index < -0.39 is 134 Å². The topological polar surface area (TPSA) is 285 Å². The summed E-state index contributed by atoms with van der Waals surface area (Å²) in [5, 5.41) is 99.0. The average Bonchev–Trinajstić information content (AvgIpc) is 3.00. The third-order valence-corrected chi connectivity index (χ3v) is 9.26. The maximum absolute atomic E-state index is 12.5. The summed E-state index contributed by atoms with van der Waals surface area (Å²) in [5.74, 6) is -0.545. The Morgan fingerprint density at radius 1 is 0.592 bits per heavy atom. The van der Waals surface area contributed by atoms with Crippen LogP contribution in [0.25, 0.3) is 0 Å². The molecule has 0 aromatic rings. The summed E-state index contributed by atoms with van der Waals surface area (Å²) in [6.07, 6.45) is -27.4. The average molecular weight is 716 g/mol. The minimum absolute atomic E-state index is 0.246. The zero-order valence-electron chi connectivity index (χ0n) is 28.5. The van der Waals surface area contributed by atoms with Gasteiger partial charge in [-0.15, -0.1) is 0 Å². The summed E-state index contributed by atoms with van der Waals surface area (Å²) < 4.78 is 45.2. The lowest BCUT2D eigenvalue weighted by Gasteiger charge is -2.49. The van der Waals surface area contributed by atoms with Gasteiger partial charge in [0, 0.05) is 7.11 Å². The van der Waals surface area contributed by atoms with Crippen LogP contribution in [0.3, 0.4) is 0 Å². The molecule has 4 fully saturated rings. The molecule has 49 heavy (non-hydrogen) atoms. The number of hydrogen-bond acceptors (Lipinski definition) is 18. The molecule has 4 heterocycles. The van der Waals surface area contributed by atoms with E-state index in [1.165, 1.54) is 41.7 Å². The van der Waals surface area contributed by atoms with Crippen LogP contribution in [0.4, 0.5) is 0 Å². The molecule has 4 rings (SSSR count). The summed E-state index contributed by atoms with van der Waals surface area (Å²) >= 11 is 0. The van der Waals surface area contributed by atoms with Crippen molar-refractivity contribution in [1.29, 1.82) is 0 Å². The number of hydrogen-bond donors (Lipinski definition) is 10. The third kappa shape index (κ3) is 9.06. The minimum atomic E-state index is -1.81. The Hall–Kier alpha value is -1.21. The molecule has 0 saturated carbocycles. The molecule has 19 heteroatoms. The highest BCUT2D eigenvalue weighted by Crippen LogP contribution is 2.34. The highest BCUT2D eigenvalue weighted by atomic mass is 16.8. The van der Waals surface area contributed by atoms with Crippen LogP contribution in [0.2, 0.25) is 0 Å². The van der Waals surface area contributed by atoms with Gasteiger partial charge >= 0.3 is 0 Å². The van der Waals surface area contributed by atoms with Crippen LogP contribution in [-0.4, -0.2) is 187 Å². The molecule has 0 radical (unpaired) electrons. The van der Waals surface area contributed by atoms with Crippen molar-refractivity contribution in [3.63, 3.8) is 0 Å². The second-order valence-electron chi connectivity index (χ2n) is 13.9. The standard InChI is InChI=1S/C30H53NO18/c1-9-14(31-13(32)8-30(5,6)41)18(36)25(42-7)29(44-9)48-23-17(35)12(4)45-27(21(23)39)47-22-16(34)11(3)46-28(20(22)38)49-24-19(37)15(33)10(2)43-26(24)40/h9-12,14-29,33-41H,8H2,1-7H3,(H,31,32)/t9?,10?,11?,12?,14-,15+,16+,17+,18+,19+,20?,21?,22+,23+,24?,25?,26-,27+,28+,29+/m1/s1. The monoisotopic (exact) mass is 715 g/mol. The van der Waals surface area contributed by atoms with E-state index in [2.05, 4.69) is 5.32 Å². The molecular weight excluding hydrogens is 662 g/mol. The Balaban J connectivity index is 1.46. The maximum atomic E-state index is 12.5. The molecule has 20 atom stereocenters. The van der Waals surface area contributed by atoms with Crippen molar-refractivity contribution in [2.24, 2.45) is 0 Å². The second-order valence-corrected chi connectivity index (χ2v) is 13.9. The lowest BCUT2D eigenvalue weighted by atomic mass is 9.94. The van der Waals surface area contributed by atoms with E-state index in [4.69, 9.17) is 37.9 Å². The lowest BCUT2D eigenvalue weighted by molar-refractivity contribution is -0.385. The molecule has 10 N–H and O–H groups in total. The van der Waals surface area contributed by atoms with Crippen molar-refractivity contribution >= 4 is 5.91 Å². The van der Waals surface area contributed by atoms with Gasteiger partial charge in [-0.2, -0.15) is 0 Å². The fraction of sp³-hybridized carbons (Fsp3) is 0.967. The Labute approximate surface area is 283 Å². The second kappa shape index (κ2) is 16.2. The predicted molar refractivity (Wildman–Crippen MR) is 160 cm³/mol. The maximum Gasteiger partial charge on any atom is 0.223 e. The van der Waals surface area contributed by atoms with E-state index >= 15 is 0 Å². The van der Waals surface area contributed by atoms with Gasteiger partial charge in [0.05, 0.1) is 42.5 Å². The molecule has 0 aromatic carbocycles. The number of nitrogens with one attached hydrogen (secondary N) is 1. The van der Waals surface area contributed by atoms with E-state index in [-0.39, 0.29) is 6.42 Å². The SMILES string of the molecule is COC1[C@H](O[C@@H]2C(O)[C@H](O[C@@H]3C(O)[C@H](OC4[C@H](O)OC(C)[C@H](O)[C@@H]4O)OC(C)[C@@H]3O)OC(C)[C@@H]2O)OC(C)[C@@H](NC(=O)CC(C)(C)O)[C@@H]1O. The van der Waals surface area contributed by atoms with E-state index in [1.807, 2.05) is 0 Å². The molecule has 1 amide bonds. The molecule has 0 aromatic heterocycles. The number of ether oxygens (including phenoxy) is 8. The fourth-order valence-electron chi connectivity index (χ4n) is 6.38. The normalized spacial score (nSPS) is 49.8. The fourth-order valence-corrected chi connectivity index (χ4v) is 6.38. The van der Waals surface area contributed by atoms with Crippen molar-refractivity contribution in [2.75, 3.05) is 7.11 Å². The number of aliphatic hydroxyl groups excluding tert-OH is 8. The summed E-state index contributed by atoms with van der Waals surface area (Å²) in [6, 6.07) is -0.970. The van der Waals surface area contributed by atoms with Gasteiger partial charge in [-0.1, -0.05) is 0 Å². The zero-order chi connectivity index (χ0) is 36.7. The highest BCUT2D eigenvalue weighted by molar-refractivity contribution is 5.77. The number of aliphatic hydroxyl groups is 9. The minimum Gasteiger partial charge on any atom is -0.390 e. The molecule has 19 nitrogen and oxygen atoms in total. The molecule has 4 aliphatic heterocycles. The summed E-state index contributed by atoms with van der Waals surface area (Å²) in [5.41, 5.74) is -1.30. The van der Waals surface area contributed by atoms with E-state index in [0.717, 1.165) is 0 Å². The van der Waals surface area contributed by atoms with Crippen LogP contribution in [0, 0.1) is 0 Å². The summed E-state index contributed by atoms with van der Waals surface area (Å²) in [7, 11) is 1.26. The quantitative estimate of drug-likeness (QED) is 0.102. The molecule has 0 bridgehead atoms. The molecule has 4 aliphatic rings. The molecule has 286 valence electrons. The number of rotatable bonds is 10. The number of carbonyl (C=O) groups is 1. The van der Waals surface area contributed by atoms with Gasteiger partial charge in [0.1, 0.15) is 67.1 Å². The molecule has 8 unspecified atom stereocenters. The number of carbonyl (C=O) groups excluding carboxylic acids is 1. The Kier molecular flexibility index (Phi) is 13.4. The van der Waals surface area contributed by atoms with Crippen LogP contribution in [0.5, 0.6) is 0 Å². The van der Waals surface area contributed by atoms with Gasteiger partial charge in [0.25, 0.3) is 0 Å². The van der Waals surface area contributed by atoms with Crippen LogP contribution in [0.15, 0.2) is 0 Å². The van der Waals surface area contributed by atoms with Gasteiger partial charge in [-0.25, -0.2) is 0 Å². The first-order valence-electron chi connectivity index (χ1n) is 16.3. The lowest BCUT2D eigenvalue weighted by Crippen LogP contribution is -2.67. The smallest absolute Gasteiger partial charge is 0.223 e. The van der Waals surface area contributed by atoms with Gasteiger partial charge in [0.15, 0.2) is 25.2 Å².